The van der Waals surface area contributed by atoms with Gasteiger partial charge in [0.05, 0.1) is 18.1 Å². The number of carboxylic acids is 1. The number of hydrogen-bond donors (Lipinski definition) is 1. The number of carboxylic acid groups (broad SMARTS) is 1. The molecule has 1 aliphatic rings. The van der Waals surface area contributed by atoms with Crippen molar-refractivity contribution in [2.75, 3.05) is 6.61 Å². The van der Waals surface area contributed by atoms with Crippen LogP contribution in [0.25, 0.3) is 0 Å². The predicted octanol–water partition coefficient (Wildman–Crippen LogP) is 1.76. The quantitative estimate of drug-likeness (QED) is 0.444. The molecule has 0 aromatic heterocycles. The third kappa shape index (κ3) is 1.94. The third-order valence-electron chi connectivity index (χ3n) is 3.05. The minimum Gasteiger partial charge on any atom is -0.481 e. The minimum atomic E-state index is -1.02. The first-order valence-corrected chi connectivity index (χ1v) is 5.08. The summed E-state index contributed by atoms with van der Waals surface area (Å²) in [5, 5.41) is 8.91. The summed E-state index contributed by atoms with van der Waals surface area (Å²) >= 11 is 0. The molecule has 0 bridgehead atoms. The first kappa shape index (κ1) is 12.7. The number of aliphatic carboxylic acids is 1. The molecule has 0 spiro atoms. The highest BCUT2D eigenvalue weighted by Gasteiger charge is 2.64. The molecule has 90 valence electrons. The van der Waals surface area contributed by atoms with Crippen molar-refractivity contribution in [1.29, 1.82) is 0 Å². The second-order valence-corrected chi connectivity index (χ2v) is 4.39. The van der Waals surface area contributed by atoms with Crippen LogP contribution in [0.1, 0.15) is 20.8 Å². The number of allylic oxidation sites excluding steroid dienone is 1. The van der Waals surface area contributed by atoms with E-state index in [1.54, 1.807) is 20.8 Å². The molecule has 1 fully saturated rings. The van der Waals surface area contributed by atoms with Crippen molar-refractivity contribution < 1.29 is 23.8 Å². The predicted molar refractivity (Wildman–Crippen MR) is 54.2 cm³/mol. The Kier molecular flexibility index (Phi) is 3.35. The lowest BCUT2D eigenvalue weighted by Crippen LogP contribution is -2.04. The van der Waals surface area contributed by atoms with Crippen LogP contribution in [-0.4, -0.2) is 24.0 Å². The van der Waals surface area contributed by atoms with Crippen LogP contribution in [-0.2, 0) is 14.3 Å². The molecule has 1 N–H and O–H groups in total. The van der Waals surface area contributed by atoms with Gasteiger partial charge in [-0.2, -0.15) is 4.39 Å². The Bertz CT molecular complexity index is 346. The lowest BCUT2D eigenvalue weighted by atomic mass is 10.1. The van der Waals surface area contributed by atoms with Crippen LogP contribution in [0.2, 0.25) is 0 Å². The van der Waals surface area contributed by atoms with Gasteiger partial charge in [-0.15, -0.1) is 0 Å². The smallest absolute Gasteiger partial charge is 0.307 e. The second kappa shape index (κ2) is 4.23. The van der Waals surface area contributed by atoms with E-state index in [1.165, 1.54) is 0 Å². The lowest BCUT2D eigenvalue weighted by Gasteiger charge is -2.04. The van der Waals surface area contributed by atoms with Crippen LogP contribution in [0.3, 0.4) is 0 Å². The van der Waals surface area contributed by atoms with Crippen molar-refractivity contribution >= 4 is 12.3 Å². The topological polar surface area (TPSA) is 63.6 Å². The maximum absolute atomic E-state index is 13.4. The molecule has 2 atom stereocenters. The number of ether oxygens (including phenoxy) is 1. The van der Waals surface area contributed by atoms with Crippen molar-refractivity contribution in [3.8, 4) is 0 Å². The molecule has 1 aliphatic carbocycles. The normalized spacial score (nSPS) is 28.0. The summed E-state index contributed by atoms with van der Waals surface area (Å²) in [6, 6.07) is -0.959. The molecule has 5 heteroatoms. The van der Waals surface area contributed by atoms with E-state index in [9.17, 15) is 14.0 Å². The summed E-state index contributed by atoms with van der Waals surface area (Å²) in [6.45, 7) is 5.08. The maximum atomic E-state index is 13.4. The van der Waals surface area contributed by atoms with Crippen LogP contribution in [0.15, 0.2) is 11.6 Å². The van der Waals surface area contributed by atoms with Gasteiger partial charge in [-0.25, -0.2) is 0 Å². The molecule has 2 unspecified atom stereocenters. The van der Waals surface area contributed by atoms with Crippen molar-refractivity contribution in [3.63, 3.8) is 0 Å². The van der Waals surface area contributed by atoms with Crippen LogP contribution < -0.4 is 0 Å². The third-order valence-corrected chi connectivity index (χ3v) is 3.05. The van der Waals surface area contributed by atoms with Gasteiger partial charge in [-0.05, 0) is 12.3 Å². The van der Waals surface area contributed by atoms with Crippen molar-refractivity contribution in [3.05, 3.63) is 11.6 Å². The highest BCUT2D eigenvalue weighted by molar-refractivity contribution is 5.83. The fourth-order valence-electron chi connectivity index (χ4n) is 2.13. The fourth-order valence-corrected chi connectivity index (χ4v) is 2.13. The number of aldehydes is 1. The average Bonchev–Trinajstić information content (AvgIpc) is 2.71. The van der Waals surface area contributed by atoms with Crippen molar-refractivity contribution in [2.24, 2.45) is 17.3 Å². The van der Waals surface area contributed by atoms with Gasteiger partial charge >= 0.3 is 5.97 Å². The largest absolute Gasteiger partial charge is 0.481 e. The highest BCUT2D eigenvalue weighted by Crippen LogP contribution is 2.61. The van der Waals surface area contributed by atoms with E-state index in [-0.39, 0.29) is 12.2 Å². The summed E-state index contributed by atoms with van der Waals surface area (Å²) in [5.41, 5.74) is -0.782. The van der Waals surface area contributed by atoms with E-state index in [0.717, 1.165) is 0 Å². The fraction of sp³-hybridized carbons (Fsp3) is 0.636. The monoisotopic (exact) mass is 230 g/mol. The van der Waals surface area contributed by atoms with Gasteiger partial charge in [-0.1, -0.05) is 13.8 Å². The Balaban J connectivity index is 2.97. The molecule has 0 heterocycles. The van der Waals surface area contributed by atoms with E-state index in [0.29, 0.717) is 6.29 Å². The highest BCUT2D eigenvalue weighted by atomic mass is 19.1. The first-order valence-electron chi connectivity index (χ1n) is 5.08. The zero-order valence-electron chi connectivity index (χ0n) is 9.49. The zero-order chi connectivity index (χ0) is 12.5. The molecule has 0 aliphatic heterocycles. The molecular formula is C11H15FO4. The van der Waals surface area contributed by atoms with E-state index in [2.05, 4.69) is 4.74 Å². The van der Waals surface area contributed by atoms with Gasteiger partial charge in [0, 0.05) is 5.92 Å². The number of carbonyl (C=O) groups is 2. The SMILES string of the molecule is CCO/C(F)=C(/C=O)C1C(C(=O)O)C1(C)C. The van der Waals surface area contributed by atoms with Gasteiger partial charge in [0.15, 0.2) is 6.29 Å². The van der Waals surface area contributed by atoms with Crippen molar-refractivity contribution in [1.82, 2.24) is 0 Å². The second-order valence-electron chi connectivity index (χ2n) is 4.39. The molecule has 1 rings (SSSR count). The van der Waals surface area contributed by atoms with Gasteiger partial charge in [-0.3, -0.25) is 9.59 Å². The number of hydrogen-bond acceptors (Lipinski definition) is 3. The van der Waals surface area contributed by atoms with Crippen LogP contribution in [0.5, 0.6) is 0 Å². The zero-order valence-corrected chi connectivity index (χ0v) is 9.49. The van der Waals surface area contributed by atoms with Crippen LogP contribution in [0, 0.1) is 17.3 Å². The van der Waals surface area contributed by atoms with Crippen molar-refractivity contribution in [2.45, 2.75) is 20.8 Å². The molecule has 0 aromatic carbocycles. The number of halogens is 1. The lowest BCUT2D eigenvalue weighted by molar-refractivity contribution is -0.139. The Hall–Kier alpha value is -1.39. The van der Waals surface area contributed by atoms with E-state index >= 15 is 0 Å². The number of carbonyl (C=O) groups excluding carboxylic acids is 1. The molecule has 4 nitrogen and oxygen atoms in total. The molecule has 0 radical (unpaired) electrons. The Labute approximate surface area is 93.1 Å². The van der Waals surface area contributed by atoms with E-state index < -0.39 is 29.2 Å². The summed E-state index contributed by atoms with van der Waals surface area (Å²) in [7, 11) is 0. The molecule has 1 saturated carbocycles. The van der Waals surface area contributed by atoms with Gasteiger partial charge in [0.2, 0.25) is 0 Å². The van der Waals surface area contributed by atoms with Crippen LogP contribution in [0.4, 0.5) is 4.39 Å². The van der Waals surface area contributed by atoms with E-state index in [4.69, 9.17) is 5.11 Å². The Morgan fingerprint density at radius 2 is 2.06 bits per heavy atom. The Morgan fingerprint density at radius 3 is 2.38 bits per heavy atom. The molecule has 0 amide bonds. The number of rotatable bonds is 5. The molecule has 0 aromatic rings. The summed E-state index contributed by atoms with van der Waals surface area (Å²) in [5.74, 6) is -2.34. The maximum Gasteiger partial charge on any atom is 0.307 e. The van der Waals surface area contributed by atoms with Gasteiger partial charge in [0.1, 0.15) is 0 Å². The Morgan fingerprint density at radius 1 is 1.50 bits per heavy atom. The van der Waals surface area contributed by atoms with Gasteiger partial charge < -0.3 is 9.84 Å². The van der Waals surface area contributed by atoms with Crippen LogP contribution >= 0.6 is 0 Å². The molecular weight excluding hydrogens is 215 g/mol. The summed E-state index contributed by atoms with van der Waals surface area (Å²) in [6.07, 6.45) is 0.348. The van der Waals surface area contributed by atoms with Gasteiger partial charge in [0.25, 0.3) is 6.01 Å². The average molecular weight is 230 g/mol. The molecule has 0 saturated heterocycles. The molecule has 16 heavy (non-hydrogen) atoms. The standard InChI is InChI=1S/C11H15FO4/c1-4-16-9(12)6(5-13)7-8(10(14)15)11(7,2)3/h5,7-8H,4H2,1-3H3,(H,14,15)/b9-6-. The summed E-state index contributed by atoms with van der Waals surface area (Å²) < 4.78 is 18.0. The minimum absolute atomic E-state index is 0.105. The van der Waals surface area contributed by atoms with E-state index in [1.807, 2.05) is 0 Å². The summed E-state index contributed by atoms with van der Waals surface area (Å²) in [4.78, 5) is 21.7. The first-order chi connectivity index (χ1) is 7.37.